The van der Waals surface area contributed by atoms with Crippen molar-refractivity contribution in [2.75, 3.05) is 39.3 Å². The number of piperidine rings is 1. The molecule has 1 aromatic carbocycles. The van der Waals surface area contributed by atoms with E-state index >= 15 is 0 Å². The van der Waals surface area contributed by atoms with Gasteiger partial charge in [0.1, 0.15) is 0 Å². The van der Waals surface area contributed by atoms with Gasteiger partial charge in [0.15, 0.2) is 5.76 Å². The number of benzene rings is 1. The van der Waals surface area contributed by atoms with Crippen LogP contribution >= 0.6 is 11.6 Å². The normalized spacial score (nSPS) is 20.4. The highest BCUT2D eigenvalue weighted by atomic mass is 35.5. The number of halogens is 1. The first kappa shape index (κ1) is 20.9. The minimum atomic E-state index is -0.126. The number of carbonyl (C=O) groups excluding carboxylic acids is 2. The molecular formula is C22H27ClN4O3. The Morgan fingerprint density at radius 2 is 1.83 bits per heavy atom. The highest BCUT2D eigenvalue weighted by Crippen LogP contribution is 2.22. The summed E-state index contributed by atoms with van der Waals surface area (Å²) >= 11 is 5.92. The average Bonchev–Trinajstić information content (AvgIpc) is 3.18. The van der Waals surface area contributed by atoms with Gasteiger partial charge in [0.2, 0.25) is 5.91 Å². The van der Waals surface area contributed by atoms with Crippen molar-refractivity contribution in [3.63, 3.8) is 0 Å². The van der Waals surface area contributed by atoms with Crippen molar-refractivity contribution in [3.05, 3.63) is 52.4 Å². The van der Waals surface area contributed by atoms with Crippen molar-refractivity contribution in [2.45, 2.75) is 26.3 Å². The zero-order valence-corrected chi connectivity index (χ0v) is 18.0. The third-order valence-electron chi connectivity index (χ3n) is 5.89. The molecule has 7 nitrogen and oxygen atoms in total. The lowest BCUT2D eigenvalue weighted by atomic mass is 9.95. The molecule has 160 valence electrons. The largest absolute Gasteiger partial charge is 0.360 e. The van der Waals surface area contributed by atoms with Crippen molar-refractivity contribution in [1.82, 2.24) is 19.9 Å². The lowest BCUT2D eigenvalue weighted by molar-refractivity contribution is -0.138. The Bertz CT molecular complexity index is 890. The Kier molecular flexibility index (Phi) is 6.39. The number of carbonyl (C=O) groups is 2. The summed E-state index contributed by atoms with van der Waals surface area (Å²) in [6, 6.07) is 8.88. The minimum absolute atomic E-state index is 0.0312. The number of amides is 2. The summed E-state index contributed by atoms with van der Waals surface area (Å²) in [7, 11) is 0. The van der Waals surface area contributed by atoms with Crippen LogP contribution in [-0.2, 0) is 11.3 Å². The molecule has 2 aliphatic rings. The summed E-state index contributed by atoms with van der Waals surface area (Å²) in [5.74, 6) is 0.865. The van der Waals surface area contributed by atoms with E-state index in [1.807, 2.05) is 17.9 Å². The van der Waals surface area contributed by atoms with E-state index in [1.165, 1.54) is 0 Å². The molecule has 30 heavy (non-hydrogen) atoms. The van der Waals surface area contributed by atoms with Crippen molar-refractivity contribution in [3.8, 4) is 0 Å². The SMILES string of the molecule is Cc1cc(CN2CCN(C(=O)C3CCCN(C(=O)c4ccc(Cl)cc4)C3)CC2)on1. The maximum absolute atomic E-state index is 13.1. The predicted octanol–water partition coefficient (Wildman–Crippen LogP) is 2.83. The number of aryl methyl sites for hydroxylation is 1. The van der Waals surface area contributed by atoms with Gasteiger partial charge in [-0.3, -0.25) is 14.5 Å². The van der Waals surface area contributed by atoms with Crippen molar-refractivity contribution >= 4 is 23.4 Å². The summed E-state index contributed by atoms with van der Waals surface area (Å²) in [6.07, 6.45) is 1.68. The first-order valence-corrected chi connectivity index (χ1v) is 10.9. The summed E-state index contributed by atoms with van der Waals surface area (Å²) < 4.78 is 5.30. The van der Waals surface area contributed by atoms with Crippen molar-refractivity contribution in [2.24, 2.45) is 5.92 Å². The molecule has 2 saturated heterocycles. The molecule has 1 atom stereocenters. The number of nitrogens with zero attached hydrogens (tertiary/aromatic N) is 4. The molecule has 1 unspecified atom stereocenters. The van der Waals surface area contributed by atoms with Crippen LogP contribution in [0.5, 0.6) is 0 Å². The predicted molar refractivity (Wildman–Crippen MR) is 113 cm³/mol. The Morgan fingerprint density at radius 3 is 2.50 bits per heavy atom. The molecule has 4 rings (SSSR count). The summed E-state index contributed by atoms with van der Waals surface area (Å²) in [5, 5.41) is 4.54. The summed E-state index contributed by atoms with van der Waals surface area (Å²) in [5.41, 5.74) is 1.50. The molecule has 2 aromatic rings. The lowest BCUT2D eigenvalue weighted by Gasteiger charge is -2.38. The van der Waals surface area contributed by atoms with Crippen LogP contribution < -0.4 is 0 Å². The molecule has 0 saturated carbocycles. The quantitative estimate of drug-likeness (QED) is 0.746. The van der Waals surface area contributed by atoms with Crippen LogP contribution in [0.2, 0.25) is 5.02 Å². The average molecular weight is 431 g/mol. The van der Waals surface area contributed by atoms with Crippen molar-refractivity contribution < 1.29 is 14.1 Å². The van der Waals surface area contributed by atoms with Crippen molar-refractivity contribution in [1.29, 1.82) is 0 Å². The molecule has 2 fully saturated rings. The van der Waals surface area contributed by atoms with Gasteiger partial charge in [-0.05, 0) is 44.0 Å². The van der Waals surface area contributed by atoms with Gasteiger partial charge in [0.05, 0.1) is 18.2 Å². The number of hydrogen-bond acceptors (Lipinski definition) is 5. The van der Waals surface area contributed by atoms with Crippen LogP contribution in [0.25, 0.3) is 0 Å². The van der Waals surface area contributed by atoms with Gasteiger partial charge in [-0.2, -0.15) is 0 Å². The molecule has 0 bridgehead atoms. The van der Waals surface area contributed by atoms with E-state index in [1.54, 1.807) is 29.2 Å². The number of hydrogen-bond donors (Lipinski definition) is 0. The van der Waals surface area contributed by atoms with E-state index in [0.29, 0.717) is 36.8 Å². The maximum Gasteiger partial charge on any atom is 0.253 e. The Morgan fingerprint density at radius 1 is 1.10 bits per heavy atom. The second-order valence-corrected chi connectivity index (χ2v) is 8.57. The maximum atomic E-state index is 13.1. The Hall–Kier alpha value is -2.38. The molecule has 2 amide bonds. The molecule has 2 aliphatic heterocycles. The fourth-order valence-corrected chi connectivity index (χ4v) is 4.36. The number of piperazine rings is 1. The van der Waals surface area contributed by atoms with Gasteiger partial charge in [-0.1, -0.05) is 16.8 Å². The van der Waals surface area contributed by atoms with Crippen LogP contribution in [-0.4, -0.2) is 70.9 Å². The van der Waals surface area contributed by atoms with Gasteiger partial charge in [-0.25, -0.2) is 0 Å². The van der Waals surface area contributed by atoms with Crippen LogP contribution in [0.4, 0.5) is 0 Å². The number of likely N-dealkylation sites (tertiary alicyclic amines) is 1. The second kappa shape index (κ2) is 9.18. The van der Waals surface area contributed by atoms with E-state index in [9.17, 15) is 9.59 Å². The molecular weight excluding hydrogens is 404 g/mol. The standard InChI is InChI=1S/C22H27ClN4O3/c1-16-13-20(30-24-16)15-25-9-11-26(12-10-25)22(29)18-3-2-8-27(14-18)21(28)17-4-6-19(23)7-5-17/h4-7,13,18H,2-3,8-12,14-15H2,1H3. The van der Waals surface area contributed by atoms with Gasteiger partial charge in [-0.15, -0.1) is 0 Å². The fraction of sp³-hybridized carbons (Fsp3) is 0.500. The smallest absolute Gasteiger partial charge is 0.253 e. The molecule has 8 heteroatoms. The molecule has 0 N–H and O–H groups in total. The highest BCUT2D eigenvalue weighted by molar-refractivity contribution is 6.30. The monoisotopic (exact) mass is 430 g/mol. The van der Waals surface area contributed by atoms with E-state index in [-0.39, 0.29) is 17.7 Å². The van der Waals surface area contributed by atoms with Crippen LogP contribution in [0.3, 0.4) is 0 Å². The van der Waals surface area contributed by atoms with E-state index < -0.39 is 0 Å². The van der Waals surface area contributed by atoms with E-state index in [0.717, 1.165) is 43.9 Å². The zero-order valence-electron chi connectivity index (χ0n) is 17.2. The second-order valence-electron chi connectivity index (χ2n) is 8.13. The molecule has 0 spiro atoms. The summed E-state index contributed by atoms with van der Waals surface area (Å²) in [6.45, 7) is 6.83. The molecule has 1 aromatic heterocycles. The molecule has 0 radical (unpaired) electrons. The third-order valence-corrected chi connectivity index (χ3v) is 6.14. The highest BCUT2D eigenvalue weighted by Gasteiger charge is 2.33. The van der Waals surface area contributed by atoms with Gasteiger partial charge >= 0.3 is 0 Å². The topological polar surface area (TPSA) is 69.9 Å². The third kappa shape index (κ3) is 4.84. The Balaban J connectivity index is 1.30. The van der Waals surface area contributed by atoms with E-state index in [4.69, 9.17) is 16.1 Å². The van der Waals surface area contributed by atoms with Crippen LogP contribution in [0.1, 0.15) is 34.7 Å². The number of aromatic nitrogens is 1. The zero-order chi connectivity index (χ0) is 21.1. The lowest BCUT2D eigenvalue weighted by Crippen LogP contribution is -2.52. The first-order valence-electron chi connectivity index (χ1n) is 10.5. The van der Waals surface area contributed by atoms with Crippen LogP contribution in [0.15, 0.2) is 34.9 Å². The first-order chi connectivity index (χ1) is 14.5. The van der Waals surface area contributed by atoms with Gasteiger partial charge in [0.25, 0.3) is 5.91 Å². The Labute approximate surface area is 181 Å². The summed E-state index contributed by atoms with van der Waals surface area (Å²) in [4.78, 5) is 31.9. The van der Waals surface area contributed by atoms with Gasteiger partial charge in [0, 0.05) is 55.9 Å². The molecule has 3 heterocycles. The fourth-order valence-electron chi connectivity index (χ4n) is 4.23. The molecule has 0 aliphatic carbocycles. The minimum Gasteiger partial charge on any atom is -0.360 e. The van der Waals surface area contributed by atoms with E-state index in [2.05, 4.69) is 10.1 Å². The number of rotatable bonds is 4. The van der Waals surface area contributed by atoms with Crippen LogP contribution in [0, 0.1) is 12.8 Å². The van der Waals surface area contributed by atoms with Gasteiger partial charge < -0.3 is 14.3 Å².